The van der Waals surface area contributed by atoms with Crippen LogP contribution in [0, 0.1) is 0 Å². The molecule has 21 heavy (non-hydrogen) atoms. The molecule has 2 heterocycles. The SMILES string of the molecule is CCCNC(Cc1ccnc(N)c1)C(C)(C)N1CCCC1. The number of nitrogen functional groups attached to an aromatic ring is 1. The first-order valence-corrected chi connectivity index (χ1v) is 8.23. The van der Waals surface area contributed by atoms with Crippen LogP contribution in [-0.2, 0) is 6.42 Å². The molecule has 1 aliphatic heterocycles. The zero-order valence-electron chi connectivity index (χ0n) is 13.7. The maximum absolute atomic E-state index is 5.82. The highest BCUT2D eigenvalue weighted by atomic mass is 15.2. The quantitative estimate of drug-likeness (QED) is 0.810. The summed E-state index contributed by atoms with van der Waals surface area (Å²) in [5, 5.41) is 3.75. The van der Waals surface area contributed by atoms with Crippen LogP contribution in [0.15, 0.2) is 18.3 Å². The van der Waals surface area contributed by atoms with Crippen molar-refractivity contribution in [2.75, 3.05) is 25.4 Å². The molecule has 0 spiro atoms. The van der Waals surface area contributed by atoms with Crippen molar-refractivity contribution in [2.45, 2.75) is 58.0 Å². The van der Waals surface area contributed by atoms with Gasteiger partial charge in [0.1, 0.15) is 5.82 Å². The summed E-state index contributed by atoms with van der Waals surface area (Å²) in [6.45, 7) is 10.5. The lowest BCUT2D eigenvalue weighted by molar-refractivity contribution is 0.106. The number of nitrogens with one attached hydrogen (secondary N) is 1. The van der Waals surface area contributed by atoms with Crippen molar-refractivity contribution in [1.82, 2.24) is 15.2 Å². The van der Waals surface area contributed by atoms with E-state index in [1.54, 1.807) is 0 Å². The van der Waals surface area contributed by atoms with Gasteiger partial charge in [-0.25, -0.2) is 4.98 Å². The van der Waals surface area contributed by atoms with Crippen LogP contribution in [0.5, 0.6) is 0 Å². The fourth-order valence-corrected chi connectivity index (χ4v) is 3.26. The average Bonchev–Trinajstić information content (AvgIpc) is 2.98. The second-order valence-corrected chi connectivity index (χ2v) is 6.65. The molecule has 0 aliphatic carbocycles. The molecule has 3 N–H and O–H groups in total. The predicted octanol–water partition coefficient (Wildman–Crippen LogP) is 2.45. The highest BCUT2D eigenvalue weighted by molar-refractivity contribution is 5.32. The number of hydrogen-bond acceptors (Lipinski definition) is 4. The molecule has 1 saturated heterocycles. The Balaban J connectivity index is 2.12. The summed E-state index contributed by atoms with van der Waals surface area (Å²) in [5.41, 5.74) is 7.25. The Morgan fingerprint density at radius 2 is 2.10 bits per heavy atom. The van der Waals surface area contributed by atoms with Gasteiger partial charge in [-0.1, -0.05) is 6.92 Å². The molecule has 2 rings (SSSR count). The molecule has 1 aromatic rings. The smallest absolute Gasteiger partial charge is 0.123 e. The predicted molar refractivity (Wildman–Crippen MR) is 89.3 cm³/mol. The second-order valence-electron chi connectivity index (χ2n) is 6.65. The first kappa shape index (κ1) is 16.2. The van der Waals surface area contributed by atoms with Crippen LogP contribution >= 0.6 is 0 Å². The van der Waals surface area contributed by atoms with Crippen molar-refractivity contribution in [3.05, 3.63) is 23.9 Å². The Morgan fingerprint density at radius 1 is 1.38 bits per heavy atom. The third-order valence-corrected chi connectivity index (χ3v) is 4.70. The van der Waals surface area contributed by atoms with Crippen LogP contribution in [0.1, 0.15) is 45.6 Å². The summed E-state index contributed by atoms with van der Waals surface area (Å²) < 4.78 is 0. The van der Waals surface area contributed by atoms with Gasteiger partial charge in [-0.05, 0) is 76.9 Å². The second kappa shape index (κ2) is 7.23. The van der Waals surface area contributed by atoms with Gasteiger partial charge in [-0.2, -0.15) is 0 Å². The number of anilines is 1. The number of pyridine rings is 1. The van der Waals surface area contributed by atoms with Crippen LogP contribution < -0.4 is 11.1 Å². The third kappa shape index (κ3) is 4.17. The van der Waals surface area contributed by atoms with Gasteiger partial charge in [-0.15, -0.1) is 0 Å². The van der Waals surface area contributed by atoms with E-state index in [9.17, 15) is 0 Å². The number of rotatable bonds is 7. The monoisotopic (exact) mass is 290 g/mol. The van der Waals surface area contributed by atoms with Gasteiger partial charge >= 0.3 is 0 Å². The molecular formula is C17H30N4. The largest absolute Gasteiger partial charge is 0.384 e. The minimum Gasteiger partial charge on any atom is -0.384 e. The highest BCUT2D eigenvalue weighted by Crippen LogP contribution is 2.26. The number of likely N-dealkylation sites (tertiary alicyclic amines) is 1. The Bertz CT molecular complexity index is 438. The summed E-state index contributed by atoms with van der Waals surface area (Å²) in [5.74, 6) is 0.612. The van der Waals surface area contributed by atoms with Crippen LogP contribution in [0.4, 0.5) is 5.82 Å². The van der Waals surface area contributed by atoms with Gasteiger partial charge in [-0.3, -0.25) is 4.90 Å². The van der Waals surface area contributed by atoms with Crippen molar-refractivity contribution < 1.29 is 0 Å². The molecule has 1 atom stereocenters. The summed E-state index contributed by atoms with van der Waals surface area (Å²) in [6.07, 6.45) is 6.62. The zero-order chi connectivity index (χ0) is 15.3. The molecule has 4 heteroatoms. The average molecular weight is 290 g/mol. The minimum atomic E-state index is 0.156. The van der Waals surface area contributed by atoms with Gasteiger partial charge in [0, 0.05) is 17.8 Å². The van der Waals surface area contributed by atoms with E-state index < -0.39 is 0 Å². The number of nitrogens with zero attached hydrogens (tertiary/aromatic N) is 2. The van der Waals surface area contributed by atoms with Crippen molar-refractivity contribution in [1.29, 1.82) is 0 Å². The normalized spacial score (nSPS) is 18.0. The zero-order valence-corrected chi connectivity index (χ0v) is 13.7. The van der Waals surface area contributed by atoms with E-state index in [4.69, 9.17) is 5.73 Å². The lowest BCUT2D eigenvalue weighted by Gasteiger charge is -2.43. The topological polar surface area (TPSA) is 54.2 Å². The van der Waals surface area contributed by atoms with Gasteiger partial charge in [0.15, 0.2) is 0 Å². The molecule has 0 radical (unpaired) electrons. The maximum Gasteiger partial charge on any atom is 0.123 e. The van der Waals surface area contributed by atoms with Crippen LogP contribution in [-0.4, -0.2) is 41.1 Å². The molecule has 118 valence electrons. The third-order valence-electron chi connectivity index (χ3n) is 4.70. The number of nitrogens with two attached hydrogens (primary N) is 1. The molecule has 1 fully saturated rings. The van der Waals surface area contributed by atoms with E-state index in [0.717, 1.165) is 19.4 Å². The van der Waals surface area contributed by atoms with Crippen LogP contribution in [0.25, 0.3) is 0 Å². The van der Waals surface area contributed by atoms with E-state index in [-0.39, 0.29) is 5.54 Å². The van der Waals surface area contributed by atoms with E-state index in [0.29, 0.717) is 11.9 Å². The first-order chi connectivity index (χ1) is 10.0. The lowest BCUT2D eigenvalue weighted by Crippen LogP contribution is -2.58. The van der Waals surface area contributed by atoms with E-state index >= 15 is 0 Å². The Morgan fingerprint density at radius 3 is 2.71 bits per heavy atom. The highest BCUT2D eigenvalue weighted by Gasteiger charge is 2.36. The molecule has 0 aromatic carbocycles. The van der Waals surface area contributed by atoms with Crippen molar-refractivity contribution >= 4 is 5.82 Å². The Labute approximate surface area is 129 Å². The molecule has 0 bridgehead atoms. The summed E-state index contributed by atoms with van der Waals surface area (Å²) in [6, 6.07) is 4.51. The molecule has 1 aromatic heterocycles. The van der Waals surface area contributed by atoms with Crippen molar-refractivity contribution in [2.24, 2.45) is 0 Å². The molecule has 4 nitrogen and oxygen atoms in total. The molecule has 1 aliphatic rings. The summed E-state index contributed by atoms with van der Waals surface area (Å²) in [7, 11) is 0. The number of hydrogen-bond donors (Lipinski definition) is 2. The minimum absolute atomic E-state index is 0.156. The van der Waals surface area contributed by atoms with E-state index in [2.05, 4.69) is 42.0 Å². The Kier molecular flexibility index (Phi) is 5.59. The van der Waals surface area contributed by atoms with E-state index in [1.165, 1.54) is 31.5 Å². The van der Waals surface area contributed by atoms with Gasteiger partial charge < -0.3 is 11.1 Å². The lowest BCUT2D eigenvalue weighted by atomic mass is 9.87. The maximum atomic E-state index is 5.82. The van der Waals surface area contributed by atoms with Gasteiger partial charge in [0.05, 0.1) is 0 Å². The van der Waals surface area contributed by atoms with Crippen LogP contribution in [0.2, 0.25) is 0 Å². The standard InChI is InChI=1S/C17H30N4/c1-4-8-19-15(12-14-7-9-20-16(18)13-14)17(2,3)21-10-5-6-11-21/h7,9,13,15,19H,4-6,8,10-12H2,1-3H3,(H2,18,20). The summed E-state index contributed by atoms with van der Waals surface area (Å²) in [4.78, 5) is 6.73. The first-order valence-electron chi connectivity index (χ1n) is 8.23. The van der Waals surface area contributed by atoms with Crippen molar-refractivity contribution in [3.8, 4) is 0 Å². The fourth-order valence-electron chi connectivity index (χ4n) is 3.26. The fraction of sp³-hybridized carbons (Fsp3) is 0.706. The number of aromatic nitrogens is 1. The Hall–Kier alpha value is -1.13. The molecule has 0 saturated carbocycles. The molecule has 0 amide bonds. The molecular weight excluding hydrogens is 260 g/mol. The van der Waals surface area contributed by atoms with E-state index in [1.807, 2.05) is 12.3 Å². The van der Waals surface area contributed by atoms with Crippen LogP contribution in [0.3, 0.4) is 0 Å². The van der Waals surface area contributed by atoms with Crippen molar-refractivity contribution in [3.63, 3.8) is 0 Å². The molecule has 1 unspecified atom stereocenters. The van der Waals surface area contributed by atoms with Gasteiger partial charge in [0.2, 0.25) is 0 Å². The summed E-state index contributed by atoms with van der Waals surface area (Å²) >= 11 is 0. The van der Waals surface area contributed by atoms with Gasteiger partial charge in [0.25, 0.3) is 0 Å².